The summed E-state index contributed by atoms with van der Waals surface area (Å²) in [5, 5.41) is 8.49. The number of nitrogens with zero attached hydrogens (tertiary/aromatic N) is 1. The van der Waals surface area contributed by atoms with Crippen molar-refractivity contribution in [1.82, 2.24) is 4.31 Å². The maximum absolute atomic E-state index is 13.7. The minimum atomic E-state index is -4.51. The Hall–Kier alpha value is -1.25. The molecule has 0 aromatic heterocycles. The van der Waals surface area contributed by atoms with Crippen molar-refractivity contribution in [3.05, 3.63) is 28.8 Å². The van der Waals surface area contributed by atoms with Gasteiger partial charge in [0.1, 0.15) is 10.9 Å². The maximum atomic E-state index is 13.7. The summed E-state index contributed by atoms with van der Waals surface area (Å²) in [5.74, 6) is -4.30. The molecule has 1 aliphatic heterocycles. The van der Waals surface area contributed by atoms with Crippen LogP contribution in [0.2, 0.25) is 5.02 Å². The molecular formula is C11H10ClF2NO4S. The molecule has 1 aromatic rings. The molecule has 1 atom stereocenters. The molecular weight excluding hydrogens is 316 g/mol. The van der Waals surface area contributed by atoms with E-state index in [1.54, 1.807) is 0 Å². The van der Waals surface area contributed by atoms with E-state index in [-0.39, 0.29) is 13.0 Å². The van der Waals surface area contributed by atoms with Gasteiger partial charge in [0.2, 0.25) is 10.0 Å². The normalized spacial score (nSPS) is 20.2. The van der Waals surface area contributed by atoms with E-state index >= 15 is 0 Å². The second-order valence-corrected chi connectivity index (χ2v) is 6.52. The number of halogens is 3. The molecule has 0 aliphatic carbocycles. The number of carboxylic acid groups (broad SMARTS) is 1. The number of hydrogen-bond acceptors (Lipinski definition) is 3. The standard InChI is InChI=1S/C11H10ClF2NO4S/c12-6-3-4-7(13)9(14)10(6)20(18,19)15-5-1-2-8(15)11(16)17/h3-4,8H,1-2,5H2,(H,16,17)/t8-/m1/s1. The zero-order valence-electron chi connectivity index (χ0n) is 10.0. The topological polar surface area (TPSA) is 74.7 Å². The first-order valence-electron chi connectivity index (χ1n) is 5.65. The Bertz CT molecular complexity index is 665. The van der Waals surface area contributed by atoms with E-state index in [0.717, 1.165) is 6.07 Å². The van der Waals surface area contributed by atoms with Gasteiger partial charge in [-0.15, -0.1) is 0 Å². The first kappa shape index (κ1) is 15.1. The Morgan fingerprint density at radius 1 is 1.40 bits per heavy atom. The van der Waals surface area contributed by atoms with Crippen molar-refractivity contribution in [2.24, 2.45) is 0 Å². The van der Waals surface area contributed by atoms with Crippen molar-refractivity contribution in [2.75, 3.05) is 6.54 Å². The van der Waals surface area contributed by atoms with Crippen LogP contribution in [0.15, 0.2) is 17.0 Å². The number of sulfonamides is 1. The van der Waals surface area contributed by atoms with Crippen LogP contribution < -0.4 is 0 Å². The van der Waals surface area contributed by atoms with Crippen LogP contribution in [0.5, 0.6) is 0 Å². The molecule has 0 amide bonds. The molecule has 1 saturated heterocycles. The van der Waals surface area contributed by atoms with E-state index in [0.29, 0.717) is 16.8 Å². The van der Waals surface area contributed by atoms with Gasteiger partial charge in [0.25, 0.3) is 0 Å². The average molecular weight is 326 g/mol. The van der Waals surface area contributed by atoms with Gasteiger partial charge < -0.3 is 5.11 Å². The molecule has 0 unspecified atom stereocenters. The second kappa shape index (κ2) is 5.27. The fourth-order valence-corrected chi connectivity index (χ4v) is 4.35. The fraction of sp³-hybridized carbons (Fsp3) is 0.364. The Labute approximate surface area is 118 Å². The van der Waals surface area contributed by atoms with Crippen LogP contribution in [0.1, 0.15) is 12.8 Å². The van der Waals surface area contributed by atoms with Crippen LogP contribution in [0.3, 0.4) is 0 Å². The monoisotopic (exact) mass is 325 g/mol. The lowest BCUT2D eigenvalue weighted by molar-refractivity contribution is -0.140. The van der Waals surface area contributed by atoms with Crippen molar-refractivity contribution in [3.63, 3.8) is 0 Å². The number of aliphatic carboxylic acids is 1. The number of carboxylic acids is 1. The summed E-state index contributed by atoms with van der Waals surface area (Å²) in [7, 11) is -4.51. The maximum Gasteiger partial charge on any atom is 0.322 e. The smallest absolute Gasteiger partial charge is 0.322 e. The van der Waals surface area contributed by atoms with E-state index < -0.39 is 43.6 Å². The van der Waals surface area contributed by atoms with Gasteiger partial charge in [-0.05, 0) is 25.0 Å². The highest BCUT2D eigenvalue weighted by molar-refractivity contribution is 7.89. The minimum absolute atomic E-state index is 0.0778. The predicted molar refractivity (Wildman–Crippen MR) is 65.9 cm³/mol. The second-order valence-electron chi connectivity index (χ2n) is 4.28. The molecule has 5 nitrogen and oxygen atoms in total. The van der Waals surface area contributed by atoms with Crippen molar-refractivity contribution in [3.8, 4) is 0 Å². The highest BCUT2D eigenvalue weighted by Crippen LogP contribution is 2.32. The van der Waals surface area contributed by atoms with E-state index in [1.165, 1.54) is 0 Å². The zero-order valence-corrected chi connectivity index (χ0v) is 11.6. The molecule has 0 saturated carbocycles. The number of carbonyl (C=O) groups is 1. The summed E-state index contributed by atoms with van der Waals surface area (Å²) >= 11 is 5.63. The highest BCUT2D eigenvalue weighted by Gasteiger charge is 2.42. The number of rotatable bonds is 3. The van der Waals surface area contributed by atoms with Gasteiger partial charge >= 0.3 is 5.97 Å². The van der Waals surface area contributed by atoms with Crippen molar-refractivity contribution in [1.29, 1.82) is 0 Å². The van der Waals surface area contributed by atoms with E-state index in [4.69, 9.17) is 16.7 Å². The molecule has 1 heterocycles. The van der Waals surface area contributed by atoms with Crippen LogP contribution in [0.4, 0.5) is 8.78 Å². The lowest BCUT2D eigenvalue weighted by Gasteiger charge is -2.21. The summed E-state index contributed by atoms with van der Waals surface area (Å²) in [4.78, 5) is 10.00. The Kier molecular flexibility index (Phi) is 3.99. The van der Waals surface area contributed by atoms with Gasteiger partial charge in [0, 0.05) is 6.54 Å². The lowest BCUT2D eigenvalue weighted by Crippen LogP contribution is -2.40. The zero-order chi connectivity index (χ0) is 15.1. The van der Waals surface area contributed by atoms with Crippen LogP contribution in [-0.2, 0) is 14.8 Å². The first-order valence-corrected chi connectivity index (χ1v) is 7.46. The Balaban J connectivity index is 2.57. The van der Waals surface area contributed by atoms with Crippen molar-refractivity contribution in [2.45, 2.75) is 23.8 Å². The van der Waals surface area contributed by atoms with Crippen molar-refractivity contribution >= 4 is 27.6 Å². The molecule has 9 heteroatoms. The summed E-state index contributed by atoms with van der Waals surface area (Å²) in [6.45, 7) is -0.0778. The molecule has 1 N–H and O–H groups in total. The third-order valence-electron chi connectivity index (χ3n) is 3.06. The number of hydrogen-bond donors (Lipinski definition) is 1. The summed E-state index contributed by atoms with van der Waals surface area (Å²) in [6.07, 6.45) is 0.438. The van der Waals surface area contributed by atoms with Gasteiger partial charge in [-0.1, -0.05) is 11.6 Å². The molecule has 1 aromatic carbocycles. The largest absolute Gasteiger partial charge is 0.480 e. The van der Waals surface area contributed by atoms with Crippen LogP contribution in [-0.4, -0.2) is 36.4 Å². The van der Waals surface area contributed by atoms with Gasteiger partial charge in [0.15, 0.2) is 11.6 Å². The quantitative estimate of drug-likeness (QED) is 0.861. The van der Waals surface area contributed by atoms with Crippen LogP contribution in [0, 0.1) is 11.6 Å². The minimum Gasteiger partial charge on any atom is -0.480 e. The molecule has 20 heavy (non-hydrogen) atoms. The number of benzene rings is 1. The molecule has 1 fully saturated rings. The third kappa shape index (κ3) is 2.38. The Morgan fingerprint density at radius 2 is 2.05 bits per heavy atom. The average Bonchev–Trinajstić information content (AvgIpc) is 2.84. The van der Waals surface area contributed by atoms with Gasteiger partial charge in [-0.25, -0.2) is 17.2 Å². The first-order chi connectivity index (χ1) is 9.26. The highest BCUT2D eigenvalue weighted by atomic mass is 35.5. The molecule has 1 aliphatic rings. The van der Waals surface area contributed by atoms with Crippen LogP contribution in [0.25, 0.3) is 0 Å². The molecule has 0 radical (unpaired) electrons. The molecule has 0 spiro atoms. The van der Waals surface area contributed by atoms with E-state index in [2.05, 4.69) is 0 Å². The van der Waals surface area contributed by atoms with Crippen LogP contribution >= 0.6 is 11.6 Å². The van der Waals surface area contributed by atoms with Gasteiger partial charge in [-0.3, -0.25) is 4.79 Å². The lowest BCUT2D eigenvalue weighted by atomic mass is 10.2. The van der Waals surface area contributed by atoms with E-state index in [9.17, 15) is 22.0 Å². The van der Waals surface area contributed by atoms with Crippen molar-refractivity contribution < 1.29 is 27.1 Å². The molecule has 110 valence electrons. The fourth-order valence-electron chi connectivity index (χ4n) is 2.14. The third-order valence-corrected chi connectivity index (χ3v) is 5.45. The van der Waals surface area contributed by atoms with E-state index in [1.807, 2.05) is 0 Å². The van der Waals surface area contributed by atoms with Gasteiger partial charge in [0.05, 0.1) is 5.02 Å². The summed E-state index contributed by atoms with van der Waals surface area (Å²) in [5.41, 5.74) is 0. The Morgan fingerprint density at radius 3 is 2.65 bits per heavy atom. The molecule has 0 bridgehead atoms. The SMILES string of the molecule is O=C(O)[C@H]1CCCN1S(=O)(=O)c1c(Cl)ccc(F)c1F. The predicted octanol–water partition coefficient (Wildman–Crippen LogP) is 1.86. The summed E-state index contributed by atoms with van der Waals surface area (Å²) < 4.78 is 52.2. The molecule has 2 rings (SSSR count). The van der Waals surface area contributed by atoms with Gasteiger partial charge in [-0.2, -0.15) is 4.31 Å². The summed E-state index contributed by atoms with van der Waals surface area (Å²) in [6, 6.07) is 0.326.